The molecule has 1 heterocycles. The molecule has 110 valence electrons. The summed E-state index contributed by atoms with van der Waals surface area (Å²) in [7, 11) is 0. The summed E-state index contributed by atoms with van der Waals surface area (Å²) in [6.07, 6.45) is 1.26. The molecule has 21 heavy (non-hydrogen) atoms. The molecule has 6 heteroatoms. The van der Waals surface area contributed by atoms with E-state index in [1.165, 1.54) is 23.7 Å². The van der Waals surface area contributed by atoms with Crippen LogP contribution in [0.3, 0.4) is 0 Å². The maximum absolute atomic E-state index is 12.8. The van der Waals surface area contributed by atoms with E-state index in [1.807, 2.05) is 0 Å². The molecular weight excluding hydrogens is 277 g/mol. The van der Waals surface area contributed by atoms with E-state index >= 15 is 0 Å². The van der Waals surface area contributed by atoms with Gasteiger partial charge >= 0.3 is 0 Å². The molecule has 0 saturated carbocycles. The molecule has 0 amide bonds. The third-order valence-corrected chi connectivity index (χ3v) is 3.06. The van der Waals surface area contributed by atoms with Crippen LogP contribution in [0.5, 0.6) is 0 Å². The van der Waals surface area contributed by atoms with Gasteiger partial charge in [0.1, 0.15) is 18.4 Å². The summed E-state index contributed by atoms with van der Waals surface area (Å²) in [5.74, 6) is -1.54. The van der Waals surface area contributed by atoms with Crippen molar-refractivity contribution in [2.24, 2.45) is 0 Å². The van der Waals surface area contributed by atoms with Crippen molar-refractivity contribution >= 4 is 11.8 Å². The van der Waals surface area contributed by atoms with Crippen molar-refractivity contribution in [2.75, 3.05) is 0 Å². The number of benzene rings is 1. The van der Waals surface area contributed by atoms with E-state index in [2.05, 4.69) is 0 Å². The minimum absolute atomic E-state index is 0.228. The highest BCUT2D eigenvalue weighted by atomic mass is 19.1. The van der Waals surface area contributed by atoms with Crippen LogP contribution in [-0.4, -0.2) is 17.8 Å². The van der Waals surface area contributed by atoms with Crippen LogP contribution in [0.4, 0.5) is 4.39 Å². The summed E-state index contributed by atoms with van der Waals surface area (Å²) in [4.78, 5) is 23.1. The number of hydrogen-bond donors (Lipinski definition) is 1. The second-order valence-electron chi connectivity index (χ2n) is 4.58. The Kier molecular flexibility index (Phi) is 4.84. The molecule has 0 saturated heterocycles. The smallest absolute Gasteiger partial charge is 0.169 e. The van der Waals surface area contributed by atoms with Gasteiger partial charge in [0.2, 0.25) is 0 Å². The number of carboxylic acid groups (broad SMARTS) is 1. The van der Waals surface area contributed by atoms with E-state index in [-0.39, 0.29) is 17.8 Å². The van der Waals surface area contributed by atoms with Gasteiger partial charge < -0.3 is 19.6 Å². The Morgan fingerprint density at radius 1 is 1.24 bits per heavy atom. The van der Waals surface area contributed by atoms with E-state index in [4.69, 9.17) is 4.42 Å². The van der Waals surface area contributed by atoms with Crippen molar-refractivity contribution in [2.45, 2.75) is 19.0 Å². The van der Waals surface area contributed by atoms with Gasteiger partial charge in [-0.1, -0.05) is 0 Å². The minimum atomic E-state index is -1.32. The average molecular weight is 291 g/mol. The summed E-state index contributed by atoms with van der Waals surface area (Å²) < 4.78 is 17.9. The molecule has 0 aliphatic rings. The molecule has 0 unspecified atom stereocenters. The monoisotopic (exact) mass is 291 g/mol. The first-order valence-electron chi connectivity index (χ1n) is 6.41. The first-order chi connectivity index (χ1) is 10.1. The van der Waals surface area contributed by atoms with Crippen LogP contribution in [-0.2, 0) is 11.3 Å². The molecule has 1 aromatic carbocycles. The molecule has 2 aromatic rings. The number of aliphatic carboxylic acids is 1. The number of carbonyl (C=O) groups is 2. The number of quaternary nitrogens is 1. The number of nitrogens with two attached hydrogens (primary N) is 1. The zero-order valence-electron chi connectivity index (χ0n) is 11.1. The molecule has 0 bridgehead atoms. The fourth-order valence-electron chi connectivity index (χ4n) is 1.90. The summed E-state index contributed by atoms with van der Waals surface area (Å²) >= 11 is 0. The van der Waals surface area contributed by atoms with Gasteiger partial charge in [-0.15, -0.1) is 0 Å². The zero-order valence-corrected chi connectivity index (χ0v) is 11.1. The predicted octanol–water partition coefficient (Wildman–Crippen LogP) is -0.126. The third kappa shape index (κ3) is 4.25. The highest BCUT2D eigenvalue weighted by molar-refractivity contribution is 5.98. The molecule has 0 aliphatic heterocycles. The highest BCUT2D eigenvalue weighted by Gasteiger charge is 2.19. The van der Waals surface area contributed by atoms with Crippen LogP contribution in [0.1, 0.15) is 22.5 Å². The minimum Gasteiger partial charge on any atom is -0.544 e. The first kappa shape index (κ1) is 14.9. The van der Waals surface area contributed by atoms with Crippen LogP contribution >= 0.6 is 0 Å². The number of carboxylic acids is 1. The SMILES string of the molecule is O=C(C[C@H]([NH2+]Cc1ccco1)C(=O)[O-])c1ccc(F)cc1. The number of ketones is 1. The van der Waals surface area contributed by atoms with Crippen molar-refractivity contribution in [3.05, 3.63) is 59.8 Å². The van der Waals surface area contributed by atoms with Gasteiger partial charge in [-0.25, -0.2) is 4.39 Å². The quantitative estimate of drug-likeness (QED) is 0.720. The Morgan fingerprint density at radius 3 is 2.52 bits per heavy atom. The van der Waals surface area contributed by atoms with Crippen molar-refractivity contribution in [1.82, 2.24) is 0 Å². The summed E-state index contributed by atoms with van der Waals surface area (Å²) in [6, 6.07) is 7.37. The highest BCUT2D eigenvalue weighted by Crippen LogP contribution is 2.07. The number of furan rings is 1. The van der Waals surface area contributed by atoms with E-state index in [9.17, 15) is 19.1 Å². The molecule has 0 spiro atoms. The maximum Gasteiger partial charge on any atom is 0.169 e. The number of Topliss-reactive ketones (excluding diaryl/α,β-unsaturated/α-hetero) is 1. The topological polar surface area (TPSA) is 87.0 Å². The Balaban J connectivity index is 1.97. The fraction of sp³-hybridized carbons (Fsp3) is 0.200. The van der Waals surface area contributed by atoms with Gasteiger partial charge in [-0.2, -0.15) is 0 Å². The van der Waals surface area contributed by atoms with Crippen LogP contribution in [0.2, 0.25) is 0 Å². The number of hydrogen-bond acceptors (Lipinski definition) is 4. The molecule has 0 radical (unpaired) electrons. The summed E-state index contributed by atoms with van der Waals surface area (Å²) in [5, 5.41) is 12.6. The Morgan fingerprint density at radius 2 is 1.95 bits per heavy atom. The lowest BCUT2D eigenvalue weighted by molar-refractivity contribution is -0.698. The second-order valence-corrected chi connectivity index (χ2v) is 4.58. The van der Waals surface area contributed by atoms with E-state index in [1.54, 1.807) is 12.1 Å². The lowest BCUT2D eigenvalue weighted by Gasteiger charge is -2.15. The maximum atomic E-state index is 12.8. The molecule has 0 fully saturated rings. The number of halogens is 1. The predicted molar refractivity (Wildman–Crippen MR) is 68.5 cm³/mol. The molecule has 2 N–H and O–H groups in total. The van der Waals surface area contributed by atoms with Gasteiger partial charge in [0, 0.05) is 5.56 Å². The number of carbonyl (C=O) groups excluding carboxylic acids is 2. The van der Waals surface area contributed by atoms with Gasteiger partial charge in [0.25, 0.3) is 0 Å². The van der Waals surface area contributed by atoms with Crippen molar-refractivity contribution in [3.8, 4) is 0 Å². The van der Waals surface area contributed by atoms with E-state index in [0.717, 1.165) is 12.1 Å². The second kappa shape index (κ2) is 6.81. The Bertz CT molecular complexity index is 607. The molecule has 0 aliphatic carbocycles. The fourth-order valence-corrected chi connectivity index (χ4v) is 1.90. The molecule has 5 nitrogen and oxygen atoms in total. The molecule has 1 atom stereocenters. The first-order valence-corrected chi connectivity index (χ1v) is 6.41. The van der Waals surface area contributed by atoms with Gasteiger partial charge in [0.05, 0.1) is 18.7 Å². The normalized spacial score (nSPS) is 12.0. The van der Waals surface area contributed by atoms with Crippen molar-refractivity contribution in [3.63, 3.8) is 0 Å². The van der Waals surface area contributed by atoms with Gasteiger partial charge in [0.15, 0.2) is 11.5 Å². The lowest BCUT2D eigenvalue weighted by Crippen LogP contribution is -2.92. The lowest BCUT2D eigenvalue weighted by atomic mass is 10.0. The standard InChI is InChI=1S/C15H14FNO4/c16-11-5-3-10(4-6-11)14(18)8-13(15(19)20)17-9-12-2-1-7-21-12/h1-7,13,17H,8-9H2,(H,19,20)/t13-/m0/s1. The number of rotatable bonds is 7. The van der Waals surface area contributed by atoms with Crippen molar-refractivity contribution < 1.29 is 28.8 Å². The van der Waals surface area contributed by atoms with Crippen molar-refractivity contribution in [1.29, 1.82) is 0 Å². The van der Waals surface area contributed by atoms with Gasteiger partial charge in [-0.3, -0.25) is 4.79 Å². The van der Waals surface area contributed by atoms with E-state index < -0.39 is 17.8 Å². The van der Waals surface area contributed by atoms with Crippen LogP contribution in [0.25, 0.3) is 0 Å². The molecular formula is C15H14FNO4. The third-order valence-electron chi connectivity index (χ3n) is 3.06. The van der Waals surface area contributed by atoms with Crippen LogP contribution in [0.15, 0.2) is 47.1 Å². The van der Waals surface area contributed by atoms with Crippen LogP contribution < -0.4 is 10.4 Å². The Hall–Kier alpha value is -2.47. The Labute approximate surface area is 120 Å². The zero-order chi connectivity index (χ0) is 15.2. The average Bonchev–Trinajstić information content (AvgIpc) is 2.96. The van der Waals surface area contributed by atoms with Crippen LogP contribution in [0, 0.1) is 5.82 Å². The molecule has 2 rings (SSSR count). The summed E-state index contributed by atoms with van der Waals surface area (Å²) in [5.41, 5.74) is 0.272. The molecule has 1 aromatic heterocycles. The van der Waals surface area contributed by atoms with Gasteiger partial charge in [-0.05, 0) is 36.4 Å². The van der Waals surface area contributed by atoms with E-state index in [0.29, 0.717) is 12.3 Å². The largest absolute Gasteiger partial charge is 0.544 e. The summed E-state index contributed by atoms with van der Waals surface area (Å²) in [6.45, 7) is 0.294.